The van der Waals surface area contributed by atoms with Crippen LogP contribution in [0.5, 0.6) is 0 Å². The van der Waals surface area contributed by atoms with Gasteiger partial charge >= 0.3 is 0 Å². The Morgan fingerprint density at radius 2 is 1.85 bits per heavy atom. The van der Waals surface area contributed by atoms with Crippen LogP contribution in [0.15, 0.2) is 29.2 Å². The predicted octanol–water partition coefficient (Wildman–Crippen LogP) is 1.81. The number of sulfone groups is 1. The summed E-state index contributed by atoms with van der Waals surface area (Å²) in [5, 5.41) is 5.98. The first kappa shape index (κ1) is 16.5. The first-order valence-electron chi connectivity index (χ1n) is 6.66. The van der Waals surface area contributed by atoms with Gasteiger partial charge in [0.05, 0.1) is 4.90 Å². The highest BCUT2D eigenvalue weighted by molar-refractivity contribution is 7.90. The van der Waals surface area contributed by atoms with Crippen molar-refractivity contribution in [3.63, 3.8) is 0 Å². The Labute approximate surface area is 120 Å². The van der Waals surface area contributed by atoms with Crippen molar-refractivity contribution in [2.75, 3.05) is 18.1 Å². The minimum absolute atomic E-state index is 0.0135. The van der Waals surface area contributed by atoms with Crippen LogP contribution in [0.1, 0.15) is 26.7 Å². The summed E-state index contributed by atoms with van der Waals surface area (Å²) in [6.07, 6.45) is 2.47. The van der Waals surface area contributed by atoms with E-state index in [0.29, 0.717) is 13.0 Å². The molecule has 0 spiro atoms. The molecule has 0 saturated carbocycles. The molecule has 1 amide bonds. The number of carbonyl (C=O) groups is 1. The number of carbonyl (C=O) groups excluding carboxylic acids is 1. The average molecular weight is 298 g/mol. The van der Waals surface area contributed by atoms with Gasteiger partial charge in [0, 0.05) is 31.0 Å². The second-order valence-corrected chi connectivity index (χ2v) is 6.87. The maximum absolute atomic E-state index is 11.6. The van der Waals surface area contributed by atoms with Crippen molar-refractivity contribution in [2.45, 2.75) is 37.6 Å². The van der Waals surface area contributed by atoms with E-state index in [0.717, 1.165) is 12.1 Å². The van der Waals surface area contributed by atoms with Gasteiger partial charge < -0.3 is 10.6 Å². The molecule has 5 nitrogen and oxygen atoms in total. The molecule has 1 atom stereocenters. The molecule has 112 valence electrons. The molecule has 0 aliphatic rings. The Bertz CT molecular complexity index is 538. The van der Waals surface area contributed by atoms with Crippen LogP contribution in [-0.2, 0) is 14.6 Å². The summed E-state index contributed by atoms with van der Waals surface area (Å²) in [5.41, 5.74) is 0.800. The predicted molar refractivity (Wildman–Crippen MR) is 80.6 cm³/mol. The van der Waals surface area contributed by atoms with Crippen molar-refractivity contribution in [1.82, 2.24) is 5.32 Å². The molecule has 0 heterocycles. The van der Waals surface area contributed by atoms with Gasteiger partial charge in [-0.15, -0.1) is 0 Å². The summed E-state index contributed by atoms with van der Waals surface area (Å²) in [4.78, 5) is 11.8. The van der Waals surface area contributed by atoms with Gasteiger partial charge in [0.25, 0.3) is 0 Å². The molecule has 0 aliphatic heterocycles. The van der Waals surface area contributed by atoms with E-state index in [1.54, 1.807) is 24.3 Å². The van der Waals surface area contributed by atoms with Gasteiger partial charge in [-0.3, -0.25) is 4.79 Å². The molecule has 0 aromatic heterocycles. The van der Waals surface area contributed by atoms with Crippen LogP contribution in [0.2, 0.25) is 0 Å². The van der Waals surface area contributed by atoms with Crippen LogP contribution in [-0.4, -0.2) is 33.2 Å². The molecule has 1 rings (SSSR count). The maximum Gasteiger partial charge on any atom is 0.221 e. The molecule has 1 unspecified atom stereocenters. The topological polar surface area (TPSA) is 75.3 Å². The lowest BCUT2D eigenvalue weighted by molar-refractivity contribution is -0.121. The standard InChI is InChI=1S/C14H22N2O3S/c1-4-11(2)16-14(17)9-10-15-12-5-7-13(8-6-12)20(3,18)19/h5-8,11,15H,4,9-10H2,1-3H3,(H,16,17). The van der Waals surface area contributed by atoms with Crippen molar-refractivity contribution >= 4 is 21.4 Å². The summed E-state index contributed by atoms with van der Waals surface area (Å²) in [7, 11) is -3.16. The van der Waals surface area contributed by atoms with E-state index >= 15 is 0 Å². The van der Waals surface area contributed by atoms with E-state index in [1.165, 1.54) is 6.26 Å². The summed E-state index contributed by atoms with van der Waals surface area (Å²) in [6, 6.07) is 6.69. The Morgan fingerprint density at radius 3 is 2.35 bits per heavy atom. The zero-order valence-electron chi connectivity index (χ0n) is 12.1. The quantitative estimate of drug-likeness (QED) is 0.805. The van der Waals surface area contributed by atoms with Gasteiger partial charge in [0.1, 0.15) is 0 Å². The Kier molecular flexibility index (Phi) is 6.01. The SMILES string of the molecule is CCC(C)NC(=O)CCNc1ccc(S(C)(=O)=O)cc1. The highest BCUT2D eigenvalue weighted by Gasteiger charge is 2.07. The largest absolute Gasteiger partial charge is 0.385 e. The first-order valence-corrected chi connectivity index (χ1v) is 8.55. The number of hydrogen-bond acceptors (Lipinski definition) is 4. The van der Waals surface area contributed by atoms with Crippen molar-refractivity contribution in [3.05, 3.63) is 24.3 Å². The summed E-state index contributed by atoms with van der Waals surface area (Å²) in [6.45, 7) is 4.50. The highest BCUT2D eigenvalue weighted by Crippen LogP contribution is 2.13. The Morgan fingerprint density at radius 1 is 1.25 bits per heavy atom. The third-order valence-electron chi connectivity index (χ3n) is 2.98. The fourth-order valence-electron chi connectivity index (χ4n) is 1.59. The van der Waals surface area contributed by atoms with E-state index in [-0.39, 0.29) is 16.8 Å². The minimum Gasteiger partial charge on any atom is -0.385 e. The lowest BCUT2D eigenvalue weighted by Gasteiger charge is -2.12. The molecule has 2 N–H and O–H groups in total. The smallest absolute Gasteiger partial charge is 0.221 e. The van der Waals surface area contributed by atoms with Crippen LogP contribution >= 0.6 is 0 Å². The fraction of sp³-hybridized carbons (Fsp3) is 0.500. The Balaban J connectivity index is 2.41. The molecular weight excluding hydrogens is 276 g/mol. The average Bonchev–Trinajstić information content (AvgIpc) is 2.38. The van der Waals surface area contributed by atoms with Gasteiger partial charge in [-0.2, -0.15) is 0 Å². The third-order valence-corrected chi connectivity index (χ3v) is 4.11. The number of nitrogens with one attached hydrogen (secondary N) is 2. The molecule has 0 radical (unpaired) electrons. The lowest BCUT2D eigenvalue weighted by Crippen LogP contribution is -2.32. The maximum atomic E-state index is 11.6. The van der Waals surface area contributed by atoms with E-state index in [4.69, 9.17) is 0 Å². The monoisotopic (exact) mass is 298 g/mol. The van der Waals surface area contributed by atoms with E-state index in [2.05, 4.69) is 10.6 Å². The highest BCUT2D eigenvalue weighted by atomic mass is 32.2. The van der Waals surface area contributed by atoms with Gasteiger partial charge in [0.2, 0.25) is 5.91 Å². The molecule has 1 aromatic carbocycles. The zero-order chi connectivity index (χ0) is 15.2. The van der Waals surface area contributed by atoms with Crippen molar-refractivity contribution in [1.29, 1.82) is 0 Å². The number of rotatable bonds is 7. The minimum atomic E-state index is -3.16. The molecular formula is C14H22N2O3S. The molecule has 20 heavy (non-hydrogen) atoms. The van der Waals surface area contributed by atoms with Crippen LogP contribution in [0.25, 0.3) is 0 Å². The zero-order valence-corrected chi connectivity index (χ0v) is 13.0. The van der Waals surface area contributed by atoms with Crippen LogP contribution in [0, 0.1) is 0 Å². The molecule has 0 aliphatic carbocycles. The van der Waals surface area contributed by atoms with Crippen molar-refractivity contribution in [3.8, 4) is 0 Å². The van der Waals surface area contributed by atoms with Gasteiger partial charge in [-0.1, -0.05) is 6.92 Å². The van der Waals surface area contributed by atoms with E-state index < -0.39 is 9.84 Å². The molecule has 0 bridgehead atoms. The lowest BCUT2D eigenvalue weighted by atomic mass is 10.2. The molecule has 6 heteroatoms. The molecule has 0 saturated heterocycles. The van der Waals surface area contributed by atoms with Crippen molar-refractivity contribution < 1.29 is 13.2 Å². The van der Waals surface area contributed by atoms with Gasteiger partial charge in [-0.05, 0) is 37.6 Å². The Hall–Kier alpha value is -1.56. The van der Waals surface area contributed by atoms with Crippen LogP contribution < -0.4 is 10.6 Å². The summed E-state index contributed by atoms with van der Waals surface area (Å²) < 4.78 is 22.6. The molecule has 0 fully saturated rings. The van der Waals surface area contributed by atoms with Crippen LogP contribution in [0.4, 0.5) is 5.69 Å². The second-order valence-electron chi connectivity index (χ2n) is 4.85. The summed E-state index contributed by atoms with van der Waals surface area (Å²) in [5.74, 6) is 0.0135. The first-order chi connectivity index (χ1) is 9.32. The van der Waals surface area contributed by atoms with Crippen LogP contribution in [0.3, 0.4) is 0 Å². The number of amides is 1. The van der Waals surface area contributed by atoms with E-state index in [9.17, 15) is 13.2 Å². The van der Waals surface area contributed by atoms with Crippen molar-refractivity contribution in [2.24, 2.45) is 0 Å². The molecule has 1 aromatic rings. The fourth-order valence-corrected chi connectivity index (χ4v) is 2.22. The number of hydrogen-bond donors (Lipinski definition) is 2. The third kappa shape index (κ3) is 5.61. The van der Waals surface area contributed by atoms with Gasteiger partial charge in [0.15, 0.2) is 9.84 Å². The number of benzene rings is 1. The summed E-state index contributed by atoms with van der Waals surface area (Å²) >= 11 is 0. The van der Waals surface area contributed by atoms with E-state index in [1.807, 2.05) is 13.8 Å². The van der Waals surface area contributed by atoms with Gasteiger partial charge in [-0.25, -0.2) is 8.42 Å². The normalized spacial score (nSPS) is 12.8. The second kappa shape index (κ2) is 7.28. The number of anilines is 1.